The number of carbonyl (C=O) groups excluding carboxylic acids is 1. The molecule has 1 saturated carbocycles. The van der Waals surface area contributed by atoms with Crippen molar-refractivity contribution < 1.29 is 4.79 Å². The van der Waals surface area contributed by atoms with Gasteiger partial charge in [0.2, 0.25) is 5.91 Å². The van der Waals surface area contributed by atoms with E-state index in [0.29, 0.717) is 15.9 Å². The molecule has 1 aromatic heterocycles. The highest BCUT2D eigenvalue weighted by Crippen LogP contribution is 2.35. The number of nitrogens with one attached hydrogen (secondary N) is 1. The fourth-order valence-corrected chi connectivity index (χ4v) is 4.49. The zero-order chi connectivity index (χ0) is 21.1. The van der Waals surface area contributed by atoms with E-state index >= 15 is 0 Å². The van der Waals surface area contributed by atoms with Gasteiger partial charge in [-0.25, -0.2) is 0 Å². The Kier molecular flexibility index (Phi) is 6.35. The summed E-state index contributed by atoms with van der Waals surface area (Å²) in [7, 11) is 0. The third kappa shape index (κ3) is 4.50. The molecule has 0 unspecified atom stereocenters. The van der Waals surface area contributed by atoms with Gasteiger partial charge in [0.15, 0.2) is 0 Å². The van der Waals surface area contributed by atoms with Crippen molar-refractivity contribution >= 4 is 34.9 Å². The number of aromatic nitrogens is 1. The third-order valence-electron chi connectivity index (χ3n) is 5.68. The number of para-hydroxylation sites is 1. The summed E-state index contributed by atoms with van der Waals surface area (Å²) in [6.07, 6.45) is 5.95. The lowest BCUT2D eigenvalue weighted by molar-refractivity contribution is -0.121. The number of hydrogen-bond acceptors (Lipinski definition) is 2. The second-order valence-electron chi connectivity index (χ2n) is 7.81. The smallest absolute Gasteiger partial charge is 0.224 e. The van der Waals surface area contributed by atoms with E-state index in [0.717, 1.165) is 35.3 Å². The first-order chi connectivity index (χ1) is 14.5. The lowest BCUT2D eigenvalue weighted by Crippen LogP contribution is -2.37. The van der Waals surface area contributed by atoms with Crippen molar-refractivity contribution in [2.45, 2.75) is 44.6 Å². The van der Waals surface area contributed by atoms with E-state index in [4.69, 9.17) is 28.9 Å². The van der Waals surface area contributed by atoms with E-state index in [2.05, 4.69) is 5.32 Å². The van der Waals surface area contributed by atoms with Gasteiger partial charge in [0.1, 0.15) is 5.82 Å². The van der Waals surface area contributed by atoms with Crippen LogP contribution >= 0.6 is 23.2 Å². The largest absolute Gasteiger partial charge is 0.385 e. The molecule has 0 aliphatic heterocycles. The second kappa shape index (κ2) is 9.15. The summed E-state index contributed by atoms with van der Waals surface area (Å²) in [5.41, 5.74) is 9.94. The molecular weight excluding hydrogens is 417 g/mol. The van der Waals surface area contributed by atoms with Crippen molar-refractivity contribution in [1.82, 2.24) is 9.88 Å². The zero-order valence-corrected chi connectivity index (χ0v) is 18.2. The maximum atomic E-state index is 12.7. The fraction of sp³-hybridized carbons (Fsp3) is 0.292. The van der Waals surface area contributed by atoms with E-state index in [-0.39, 0.29) is 18.4 Å². The Bertz CT molecular complexity index is 1040. The zero-order valence-electron chi connectivity index (χ0n) is 16.7. The van der Waals surface area contributed by atoms with Crippen LogP contribution in [0.15, 0.2) is 54.6 Å². The summed E-state index contributed by atoms with van der Waals surface area (Å²) < 4.78 is 1.91. The van der Waals surface area contributed by atoms with Gasteiger partial charge in [0.05, 0.1) is 22.8 Å². The molecule has 0 saturated heterocycles. The van der Waals surface area contributed by atoms with Crippen molar-refractivity contribution in [3.63, 3.8) is 0 Å². The summed E-state index contributed by atoms with van der Waals surface area (Å²) >= 11 is 12.6. The van der Waals surface area contributed by atoms with Crippen molar-refractivity contribution in [3.8, 4) is 16.9 Å². The highest BCUT2D eigenvalue weighted by Gasteiger charge is 2.21. The van der Waals surface area contributed by atoms with E-state index < -0.39 is 0 Å². The minimum atomic E-state index is 0.00700. The van der Waals surface area contributed by atoms with Crippen LogP contribution in [0.25, 0.3) is 16.9 Å². The maximum Gasteiger partial charge on any atom is 0.224 e. The van der Waals surface area contributed by atoms with E-state index in [1.54, 1.807) is 0 Å². The quantitative estimate of drug-likeness (QED) is 0.507. The Hall–Kier alpha value is -2.43. The van der Waals surface area contributed by atoms with Crippen molar-refractivity contribution in [3.05, 3.63) is 70.2 Å². The lowest BCUT2D eigenvalue weighted by atomic mass is 9.95. The second-order valence-corrected chi connectivity index (χ2v) is 8.66. The Morgan fingerprint density at radius 2 is 1.73 bits per heavy atom. The summed E-state index contributed by atoms with van der Waals surface area (Å²) in [6.45, 7) is 0. The molecule has 4 nitrogen and oxygen atoms in total. The van der Waals surface area contributed by atoms with Gasteiger partial charge in [-0.1, -0.05) is 66.7 Å². The Morgan fingerprint density at radius 1 is 1.03 bits per heavy atom. The predicted molar refractivity (Wildman–Crippen MR) is 124 cm³/mol. The molecule has 3 aromatic rings. The first-order valence-electron chi connectivity index (χ1n) is 10.3. The Balaban J connectivity index is 1.69. The lowest BCUT2D eigenvalue weighted by Gasteiger charge is -2.22. The van der Waals surface area contributed by atoms with Crippen LogP contribution in [-0.4, -0.2) is 16.5 Å². The summed E-state index contributed by atoms with van der Waals surface area (Å²) in [5, 5.41) is 4.43. The monoisotopic (exact) mass is 441 g/mol. The van der Waals surface area contributed by atoms with Crippen LogP contribution in [-0.2, 0) is 11.2 Å². The van der Waals surface area contributed by atoms with Crippen molar-refractivity contribution in [2.75, 3.05) is 5.73 Å². The summed E-state index contributed by atoms with van der Waals surface area (Å²) in [6, 6.07) is 17.4. The maximum absolute atomic E-state index is 12.7. The van der Waals surface area contributed by atoms with Crippen molar-refractivity contribution in [1.29, 1.82) is 0 Å². The van der Waals surface area contributed by atoms with E-state index in [1.807, 2.05) is 59.2 Å². The topological polar surface area (TPSA) is 60.1 Å². The first kappa shape index (κ1) is 20.8. The number of halogens is 2. The number of nitrogen functional groups attached to an aromatic ring is 1. The average molecular weight is 442 g/mol. The van der Waals surface area contributed by atoms with E-state index in [9.17, 15) is 4.79 Å². The van der Waals surface area contributed by atoms with Crippen LogP contribution in [0.4, 0.5) is 5.82 Å². The number of benzene rings is 2. The van der Waals surface area contributed by atoms with Crippen LogP contribution in [0.5, 0.6) is 0 Å². The van der Waals surface area contributed by atoms with Crippen molar-refractivity contribution in [2.24, 2.45) is 0 Å². The number of amides is 1. The minimum Gasteiger partial charge on any atom is -0.385 e. The van der Waals surface area contributed by atoms with Crippen LogP contribution < -0.4 is 11.1 Å². The van der Waals surface area contributed by atoms with Gasteiger partial charge in [-0.15, -0.1) is 0 Å². The highest BCUT2D eigenvalue weighted by molar-refractivity contribution is 6.32. The van der Waals surface area contributed by atoms with Gasteiger partial charge >= 0.3 is 0 Å². The fourth-order valence-electron chi connectivity index (χ4n) is 4.14. The van der Waals surface area contributed by atoms with E-state index in [1.165, 1.54) is 19.3 Å². The molecule has 4 rings (SSSR count). The molecule has 1 amide bonds. The molecule has 0 bridgehead atoms. The molecule has 0 spiro atoms. The van der Waals surface area contributed by atoms with Crippen LogP contribution in [0.3, 0.4) is 0 Å². The molecule has 1 heterocycles. The minimum absolute atomic E-state index is 0.00700. The average Bonchev–Trinajstić information content (AvgIpc) is 3.05. The number of nitrogens with two attached hydrogens (primary N) is 1. The molecule has 2 aromatic carbocycles. The van der Waals surface area contributed by atoms with Gasteiger partial charge in [0.25, 0.3) is 0 Å². The number of rotatable bonds is 5. The molecule has 0 radical (unpaired) electrons. The SMILES string of the molecule is Nc1c(CC(=O)NC2CCCCC2)cc(-c2ccc(Cl)cc2)n1-c1ccccc1Cl. The summed E-state index contributed by atoms with van der Waals surface area (Å²) in [4.78, 5) is 12.7. The van der Waals surface area contributed by atoms with Gasteiger partial charge in [-0.05, 0) is 48.7 Å². The third-order valence-corrected chi connectivity index (χ3v) is 6.25. The van der Waals surface area contributed by atoms with Crippen LogP contribution in [0, 0.1) is 0 Å². The molecule has 3 N–H and O–H groups in total. The number of anilines is 1. The van der Waals surface area contributed by atoms with Gasteiger partial charge < -0.3 is 11.1 Å². The van der Waals surface area contributed by atoms with Crippen LogP contribution in [0.2, 0.25) is 10.0 Å². The molecule has 156 valence electrons. The summed E-state index contributed by atoms with van der Waals surface area (Å²) in [5.74, 6) is 0.527. The Morgan fingerprint density at radius 3 is 2.43 bits per heavy atom. The van der Waals surface area contributed by atoms with Gasteiger partial charge in [-0.3, -0.25) is 9.36 Å². The van der Waals surface area contributed by atoms with Crippen LogP contribution in [0.1, 0.15) is 37.7 Å². The van der Waals surface area contributed by atoms with Gasteiger partial charge in [-0.2, -0.15) is 0 Å². The molecule has 6 heteroatoms. The Labute approximate surface area is 187 Å². The molecule has 0 atom stereocenters. The predicted octanol–water partition coefficient (Wildman–Crippen LogP) is 6.02. The normalized spacial score (nSPS) is 14.6. The highest BCUT2D eigenvalue weighted by atomic mass is 35.5. The molecular formula is C24H25Cl2N3O. The number of carbonyl (C=O) groups is 1. The van der Waals surface area contributed by atoms with Gasteiger partial charge in [0, 0.05) is 16.6 Å². The molecule has 30 heavy (non-hydrogen) atoms. The molecule has 1 aliphatic carbocycles. The number of nitrogens with zero attached hydrogens (tertiary/aromatic N) is 1. The standard InChI is InChI=1S/C24H25Cl2N3O/c25-18-12-10-16(11-13-18)22-14-17(15-23(30)28-19-6-2-1-3-7-19)24(27)29(22)21-9-5-4-8-20(21)26/h4-5,8-14,19H,1-3,6-7,15,27H2,(H,28,30). The number of hydrogen-bond donors (Lipinski definition) is 2. The first-order valence-corrected chi connectivity index (χ1v) is 11.1. The molecule has 1 fully saturated rings. The molecule has 1 aliphatic rings.